The van der Waals surface area contributed by atoms with Gasteiger partial charge >= 0.3 is 0 Å². The number of nitrogens with zero attached hydrogens (tertiary/aromatic N) is 2. The number of benzene rings is 3. The minimum Gasteiger partial charge on any atom is -0.305 e. The lowest BCUT2D eigenvalue weighted by Crippen LogP contribution is -2.47. The van der Waals surface area contributed by atoms with Crippen LogP contribution >= 0.6 is 11.6 Å². The molecule has 1 saturated heterocycles. The molecule has 1 aliphatic rings. The summed E-state index contributed by atoms with van der Waals surface area (Å²) < 4.78 is 27.0. The first-order valence-electron chi connectivity index (χ1n) is 10.7. The summed E-state index contributed by atoms with van der Waals surface area (Å²) in [5.41, 5.74) is 3.29. The fourth-order valence-electron chi connectivity index (χ4n) is 4.24. The largest absolute Gasteiger partial charge is 0.305 e. The summed E-state index contributed by atoms with van der Waals surface area (Å²) in [6.45, 7) is 4.21. The average molecular weight is 455 g/mol. The van der Waals surface area contributed by atoms with Crippen LogP contribution in [-0.2, 0) is 6.54 Å². The molecule has 3 aromatic rings. The van der Waals surface area contributed by atoms with Gasteiger partial charge in [0.25, 0.3) is 5.91 Å². The molecule has 0 N–H and O–H groups in total. The topological polar surface area (TPSA) is 23.6 Å². The van der Waals surface area contributed by atoms with Crippen LogP contribution in [0.3, 0.4) is 0 Å². The Hall–Kier alpha value is -2.76. The zero-order chi connectivity index (χ0) is 22.7. The lowest BCUT2D eigenvalue weighted by Gasteiger charge is -2.38. The summed E-state index contributed by atoms with van der Waals surface area (Å²) in [4.78, 5) is 17.6. The van der Waals surface area contributed by atoms with Crippen LogP contribution < -0.4 is 4.90 Å². The Morgan fingerprint density at radius 2 is 1.75 bits per heavy atom. The summed E-state index contributed by atoms with van der Waals surface area (Å²) in [7, 11) is 0. The molecule has 0 aromatic heterocycles. The van der Waals surface area contributed by atoms with E-state index in [-0.39, 0.29) is 22.8 Å². The van der Waals surface area contributed by atoms with E-state index in [0.717, 1.165) is 37.1 Å². The number of carbonyl (C=O) groups is 1. The van der Waals surface area contributed by atoms with Crippen molar-refractivity contribution < 1.29 is 13.6 Å². The van der Waals surface area contributed by atoms with Gasteiger partial charge in [-0.3, -0.25) is 9.69 Å². The highest BCUT2D eigenvalue weighted by Crippen LogP contribution is 2.27. The lowest BCUT2D eigenvalue weighted by molar-refractivity contribution is 0.0958. The van der Waals surface area contributed by atoms with Gasteiger partial charge in [-0.15, -0.1) is 0 Å². The standard InChI is InChI=1S/C26H25ClF2N2O/c1-18-3-2-4-20(15-18)26(32)31(22-8-6-21(28)7-9-22)23-11-13-30(14-12-23)17-19-5-10-25(29)24(27)16-19/h2-10,15-16,23H,11-14,17H2,1H3. The summed E-state index contributed by atoms with van der Waals surface area (Å²) in [6.07, 6.45) is 1.56. The SMILES string of the molecule is Cc1cccc(C(=O)N(c2ccc(F)cc2)C2CCN(Cc3ccc(F)c(Cl)c3)CC2)c1. The van der Waals surface area contributed by atoms with E-state index in [4.69, 9.17) is 11.6 Å². The first-order chi connectivity index (χ1) is 15.4. The molecule has 0 spiro atoms. The van der Waals surface area contributed by atoms with Gasteiger partial charge < -0.3 is 4.90 Å². The molecule has 0 aliphatic carbocycles. The Bertz CT molecular complexity index is 1100. The Kier molecular flexibility index (Phi) is 6.87. The van der Waals surface area contributed by atoms with Gasteiger partial charge in [0.05, 0.1) is 5.02 Å². The van der Waals surface area contributed by atoms with E-state index >= 15 is 0 Å². The van der Waals surface area contributed by atoms with Crippen molar-refractivity contribution >= 4 is 23.2 Å². The summed E-state index contributed by atoms with van der Waals surface area (Å²) >= 11 is 5.91. The number of hydrogen-bond donors (Lipinski definition) is 0. The van der Waals surface area contributed by atoms with E-state index < -0.39 is 5.82 Å². The van der Waals surface area contributed by atoms with Crippen molar-refractivity contribution in [3.63, 3.8) is 0 Å². The van der Waals surface area contributed by atoms with Crippen LogP contribution in [0.25, 0.3) is 0 Å². The van der Waals surface area contributed by atoms with Gasteiger partial charge in [-0.05, 0) is 73.9 Å². The number of amides is 1. The number of rotatable bonds is 5. The Morgan fingerprint density at radius 1 is 1.03 bits per heavy atom. The smallest absolute Gasteiger partial charge is 0.258 e. The molecule has 0 atom stereocenters. The quantitative estimate of drug-likeness (QED) is 0.455. The van der Waals surface area contributed by atoms with Gasteiger partial charge in [0.15, 0.2) is 0 Å². The van der Waals surface area contributed by atoms with Crippen LogP contribution in [-0.4, -0.2) is 29.9 Å². The van der Waals surface area contributed by atoms with E-state index in [2.05, 4.69) is 4.90 Å². The first kappa shape index (κ1) is 22.4. The van der Waals surface area contributed by atoms with Crippen LogP contribution in [0.4, 0.5) is 14.5 Å². The van der Waals surface area contributed by atoms with Crippen molar-refractivity contribution in [2.75, 3.05) is 18.0 Å². The fraction of sp³-hybridized carbons (Fsp3) is 0.269. The van der Waals surface area contributed by atoms with Crippen LogP contribution in [0.2, 0.25) is 5.02 Å². The van der Waals surface area contributed by atoms with Crippen molar-refractivity contribution in [3.8, 4) is 0 Å². The van der Waals surface area contributed by atoms with E-state index in [1.165, 1.54) is 18.2 Å². The minimum atomic E-state index is -0.418. The van der Waals surface area contributed by atoms with Crippen LogP contribution in [0.1, 0.15) is 34.3 Å². The normalized spacial score (nSPS) is 15.0. The maximum Gasteiger partial charge on any atom is 0.258 e. The maximum absolute atomic E-state index is 13.5. The number of hydrogen-bond acceptors (Lipinski definition) is 2. The highest BCUT2D eigenvalue weighted by Gasteiger charge is 2.30. The van der Waals surface area contributed by atoms with Gasteiger partial charge in [0.2, 0.25) is 0 Å². The molecule has 0 saturated carbocycles. The number of carbonyl (C=O) groups excluding carboxylic acids is 1. The second-order valence-electron chi connectivity index (χ2n) is 8.28. The van der Waals surface area contributed by atoms with E-state index in [1.807, 2.05) is 31.2 Å². The molecular formula is C26H25ClF2N2O. The second kappa shape index (κ2) is 9.80. The molecule has 166 valence electrons. The predicted molar refractivity (Wildman–Crippen MR) is 124 cm³/mol. The van der Waals surface area contributed by atoms with E-state index in [9.17, 15) is 13.6 Å². The zero-order valence-corrected chi connectivity index (χ0v) is 18.7. The summed E-state index contributed by atoms with van der Waals surface area (Å²) in [6, 6.07) is 18.4. The third kappa shape index (κ3) is 5.17. The fourth-order valence-corrected chi connectivity index (χ4v) is 4.45. The molecule has 1 fully saturated rings. The zero-order valence-electron chi connectivity index (χ0n) is 17.9. The highest BCUT2D eigenvalue weighted by molar-refractivity contribution is 6.30. The Balaban J connectivity index is 1.51. The third-order valence-electron chi connectivity index (χ3n) is 5.90. The highest BCUT2D eigenvalue weighted by atomic mass is 35.5. The number of piperidine rings is 1. The number of halogens is 3. The Morgan fingerprint density at radius 3 is 2.41 bits per heavy atom. The monoisotopic (exact) mass is 454 g/mol. The summed E-state index contributed by atoms with van der Waals surface area (Å²) in [5.74, 6) is -0.827. The number of aryl methyl sites for hydroxylation is 1. The third-order valence-corrected chi connectivity index (χ3v) is 6.19. The van der Waals surface area contributed by atoms with Gasteiger partial charge in [0.1, 0.15) is 11.6 Å². The molecule has 0 radical (unpaired) electrons. The van der Waals surface area contributed by atoms with Crippen LogP contribution in [0.15, 0.2) is 66.7 Å². The molecule has 1 amide bonds. The minimum absolute atomic E-state index is 0.00142. The van der Waals surface area contributed by atoms with E-state index in [0.29, 0.717) is 17.8 Å². The van der Waals surface area contributed by atoms with Crippen molar-refractivity contribution in [2.45, 2.75) is 32.4 Å². The second-order valence-corrected chi connectivity index (χ2v) is 8.68. The molecule has 3 nitrogen and oxygen atoms in total. The molecule has 6 heteroatoms. The molecular weight excluding hydrogens is 430 g/mol. The van der Waals surface area contributed by atoms with E-state index in [1.54, 1.807) is 29.2 Å². The summed E-state index contributed by atoms with van der Waals surface area (Å²) in [5, 5.41) is 0.128. The molecule has 4 rings (SSSR count). The van der Waals surface area contributed by atoms with Crippen molar-refractivity contribution in [1.29, 1.82) is 0 Å². The number of likely N-dealkylation sites (tertiary alicyclic amines) is 1. The van der Waals surface area contributed by atoms with Crippen molar-refractivity contribution in [1.82, 2.24) is 4.90 Å². The molecule has 0 bridgehead atoms. The van der Waals surface area contributed by atoms with Crippen LogP contribution in [0, 0.1) is 18.6 Å². The molecule has 0 unspecified atom stereocenters. The molecule has 32 heavy (non-hydrogen) atoms. The van der Waals surface area contributed by atoms with Gasteiger partial charge in [0, 0.05) is 36.9 Å². The van der Waals surface area contributed by atoms with Crippen molar-refractivity contribution in [3.05, 3.63) is 100 Å². The lowest BCUT2D eigenvalue weighted by atomic mass is 9.99. The molecule has 1 aliphatic heterocycles. The Labute approximate surface area is 192 Å². The molecule has 1 heterocycles. The number of anilines is 1. The van der Waals surface area contributed by atoms with Gasteiger partial charge in [-0.25, -0.2) is 8.78 Å². The van der Waals surface area contributed by atoms with Crippen LogP contribution in [0.5, 0.6) is 0 Å². The predicted octanol–water partition coefficient (Wildman–Crippen LogP) is 6.24. The first-order valence-corrected chi connectivity index (χ1v) is 11.1. The van der Waals surface area contributed by atoms with Crippen molar-refractivity contribution in [2.24, 2.45) is 0 Å². The average Bonchev–Trinajstić information content (AvgIpc) is 2.79. The molecule has 3 aromatic carbocycles. The maximum atomic E-state index is 13.5. The van der Waals surface area contributed by atoms with Gasteiger partial charge in [-0.2, -0.15) is 0 Å². The van der Waals surface area contributed by atoms with Gasteiger partial charge in [-0.1, -0.05) is 35.4 Å².